The number of hydrogen-bond acceptors (Lipinski definition) is 7. The molecule has 0 fully saturated rings. The first-order valence-electron chi connectivity index (χ1n) is 7.51. The Kier molecular flexibility index (Phi) is 5.15. The van der Waals surface area contributed by atoms with Gasteiger partial charge < -0.3 is 21.1 Å². The van der Waals surface area contributed by atoms with E-state index in [0.29, 0.717) is 40.3 Å². The molecule has 0 saturated heterocycles. The van der Waals surface area contributed by atoms with E-state index >= 15 is 0 Å². The van der Waals surface area contributed by atoms with Crippen LogP contribution in [0.1, 0.15) is 5.56 Å². The van der Waals surface area contributed by atoms with Gasteiger partial charge in [0, 0.05) is 24.0 Å². The molecular formula is C17H17ClN6O. The fourth-order valence-electron chi connectivity index (χ4n) is 2.23. The molecule has 8 heteroatoms. The van der Waals surface area contributed by atoms with Gasteiger partial charge in [-0.25, -0.2) is 9.97 Å². The number of anilines is 4. The summed E-state index contributed by atoms with van der Waals surface area (Å²) in [5.41, 5.74) is 8.27. The Morgan fingerprint density at radius 1 is 1.20 bits per heavy atom. The Hall–Kier alpha value is -3.06. The molecule has 3 rings (SSSR count). The lowest BCUT2D eigenvalue weighted by Gasteiger charge is -2.14. The van der Waals surface area contributed by atoms with Gasteiger partial charge in [-0.2, -0.15) is 0 Å². The summed E-state index contributed by atoms with van der Waals surface area (Å²) in [5.74, 6) is 1.62. The van der Waals surface area contributed by atoms with Crippen LogP contribution in [0.15, 0.2) is 49.1 Å². The van der Waals surface area contributed by atoms with E-state index in [1.54, 1.807) is 37.7 Å². The van der Waals surface area contributed by atoms with E-state index in [1.165, 1.54) is 6.33 Å². The van der Waals surface area contributed by atoms with Crippen LogP contribution in [-0.2, 0) is 6.54 Å². The van der Waals surface area contributed by atoms with Crippen LogP contribution in [0.5, 0.6) is 5.75 Å². The molecule has 2 heterocycles. The first kappa shape index (κ1) is 16.8. The van der Waals surface area contributed by atoms with Crippen LogP contribution < -0.4 is 21.1 Å². The molecule has 0 aliphatic rings. The third-order valence-electron chi connectivity index (χ3n) is 3.48. The Morgan fingerprint density at radius 3 is 2.80 bits per heavy atom. The standard InChI is InChI=1S/C17H17ClN6O/c1-25-14-5-4-12(18)7-13(14)24-17-15(19)16(22-10-23-17)21-9-11-3-2-6-20-8-11/h2-8,10H,9,19H2,1H3,(H2,21,22,23,24). The number of pyridine rings is 1. The number of nitrogens with one attached hydrogen (secondary N) is 2. The van der Waals surface area contributed by atoms with Crippen molar-refractivity contribution < 1.29 is 4.74 Å². The maximum absolute atomic E-state index is 6.19. The molecular weight excluding hydrogens is 340 g/mol. The van der Waals surface area contributed by atoms with E-state index in [4.69, 9.17) is 22.1 Å². The van der Waals surface area contributed by atoms with Gasteiger partial charge in [-0.1, -0.05) is 17.7 Å². The van der Waals surface area contributed by atoms with Crippen LogP contribution in [-0.4, -0.2) is 22.1 Å². The molecule has 0 aliphatic carbocycles. The summed E-state index contributed by atoms with van der Waals surface area (Å²) in [6.07, 6.45) is 4.94. The molecule has 4 N–H and O–H groups in total. The number of nitrogen functional groups attached to an aromatic ring is 1. The monoisotopic (exact) mass is 356 g/mol. The summed E-state index contributed by atoms with van der Waals surface area (Å²) in [6, 6.07) is 9.09. The Morgan fingerprint density at radius 2 is 2.04 bits per heavy atom. The third kappa shape index (κ3) is 4.07. The van der Waals surface area contributed by atoms with E-state index in [2.05, 4.69) is 25.6 Å². The predicted octanol–water partition coefficient (Wildman–Crippen LogP) is 3.47. The zero-order valence-electron chi connectivity index (χ0n) is 13.5. The van der Waals surface area contributed by atoms with E-state index in [1.807, 2.05) is 12.1 Å². The highest BCUT2D eigenvalue weighted by Crippen LogP contribution is 2.33. The number of hydrogen-bond donors (Lipinski definition) is 3. The van der Waals surface area contributed by atoms with Gasteiger partial charge in [0.25, 0.3) is 0 Å². The van der Waals surface area contributed by atoms with Gasteiger partial charge in [-0.05, 0) is 29.8 Å². The van der Waals surface area contributed by atoms with Crippen molar-refractivity contribution in [3.05, 3.63) is 59.6 Å². The summed E-state index contributed by atoms with van der Waals surface area (Å²) < 4.78 is 5.32. The molecule has 0 saturated carbocycles. The lowest BCUT2D eigenvalue weighted by Crippen LogP contribution is -2.08. The quantitative estimate of drug-likeness (QED) is 0.622. The summed E-state index contributed by atoms with van der Waals surface area (Å²) in [5, 5.41) is 6.89. The number of methoxy groups -OCH3 is 1. The van der Waals surface area contributed by atoms with Gasteiger partial charge in [0.05, 0.1) is 12.8 Å². The molecule has 0 aliphatic heterocycles. The van der Waals surface area contributed by atoms with Crippen LogP contribution in [0.2, 0.25) is 5.02 Å². The maximum Gasteiger partial charge on any atom is 0.159 e. The van der Waals surface area contributed by atoms with Crippen molar-refractivity contribution >= 4 is 34.6 Å². The number of ether oxygens (including phenoxy) is 1. The van der Waals surface area contributed by atoms with Crippen molar-refractivity contribution in [1.29, 1.82) is 0 Å². The molecule has 2 aromatic heterocycles. The number of nitrogens with two attached hydrogens (primary N) is 1. The highest BCUT2D eigenvalue weighted by atomic mass is 35.5. The summed E-state index contributed by atoms with van der Waals surface area (Å²) in [7, 11) is 1.58. The zero-order valence-corrected chi connectivity index (χ0v) is 14.3. The highest BCUT2D eigenvalue weighted by molar-refractivity contribution is 6.31. The van der Waals surface area contributed by atoms with Gasteiger partial charge in [-0.15, -0.1) is 0 Å². The van der Waals surface area contributed by atoms with Gasteiger partial charge in [0.2, 0.25) is 0 Å². The van der Waals surface area contributed by atoms with E-state index < -0.39 is 0 Å². The second-order valence-electron chi connectivity index (χ2n) is 5.17. The number of benzene rings is 1. The minimum Gasteiger partial charge on any atom is -0.495 e. The fraction of sp³-hybridized carbons (Fsp3) is 0.118. The molecule has 0 bridgehead atoms. The predicted molar refractivity (Wildman–Crippen MR) is 99.3 cm³/mol. The topological polar surface area (TPSA) is 98.0 Å². The molecule has 0 atom stereocenters. The van der Waals surface area contributed by atoms with Crippen molar-refractivity contribution in [2.24, 2.45) is 0 Å². The van der Waals surface area contributed by atoms with Crippen molar-refractivity contribution in [2.75, 3.05) is 23.5 Å². The zero-order chi connectivity index (χ0) is 17.6. The summed E-state index contributed by atoms with van der Waals surface area (Å²) in [4.78, 5) is 12.5. The van der Waals surface area contributed by atoms with Gasteiger partial charge in [0.15, 0.2) is 11.6 Å². The molecule has 0 amide bonds. The second kappa shape index (κ2) is 7.67. The molecule has 25 heavy (non-hydrogen) atoms. The van der Waals surface area contributed by atoms with Crippen molar-refractivity contribution in [3.63, 3.8) is 0 Å². The molecule has 7 nitrogen and oxygen atoms in total. The van der Waals surface area contributed by atoms with Crippen LogP contribution in [0.3, 0.4) is 0 Å². The van der Waals surface area contributed by atoms with Gasteiger partial charge in [-0.3, -0.25) is 4.98 Å². The smallest absolute Gasteiger partial charge is 0.159 e. The minimum atomic E-state index is 0.397. The molecule has 3 aromatic rings. The normalized spacial score (nSPS) is 10.3. The highest BCUT2D eigenvalue weighted by Gasteiger charge is 2.11. The molecule has 0 spiro atoms. The van der Waals surface area contributed by atoms with E-state index in [-0.39, 0.29) is 0 Å². The fourth-order valence-corrected chi connectivity index (χ4v) is 2.40. The van der Waals surface area contributed by atoms with Crippen molar-refractivity contribution in [1.82, 2.24) is 15.0 Å². The average molecular weight is 357 g/mol. The van der Waals surface area contributed by atoms with Crippen molar-refractivity contribution in [2.45, 2.75) is 6.54 Å². The summed E-state index contributed by atoms with van der Waals surface area (Å²) in [6.45, 7) is 0.551. The molecule has 0 radical (unpaired) electrons. The maximum atomic E-state index is 6.19. The van der Waals surface area contributed by atoms with Crippen LogP contribution in [0.4, 0.5) is 23.0 Å². The van der Waals surface area contributed by atoms with Gasteiger partial charge in [0.1, 0.15) is 17.8 Å². The minimum absolute atomic E-state index is 0.397. The largest absolute Gasteiger partial charge is 0.495 e. The first-order valence-corrected chi connectivity index (χ1v) is 7.89. The van der Waals surface area contributed by atoms with E-state index in [0.717, 1.165) is 5.56 Å². The lowest BCUT2D eigenvalue weighted by atomic mass is 10.2. The number of nitrogens with zero attached hydrogens (tertiary/aromatic N) is 3. The number of aromatic nitrogens is 3. The van der Waals surface area contributed by atoms with Crippen LogP contribution in [0.25, 0.3) is 0 Å². The second-order valence-corrected chi connectivity index (χ2v) is 5.61. The first-order chi connectivity index (χ1) is 12.2. The van der Waals surface area contributed by atoms with Crippen LogP contribution >= 0.6 is 11.6 Å². The molecule has 128 valence electrons. The SMILES string of the molecule is COc1ccc(Cl)cc1Nc1ncnc(NCc2cccnc2)c1N. The van der Waals surface area contributed by atoms with Crippen molar-refractivity contribution in [3.8, 4) is 5.75 Å². The summed E-state index contributed by atoms with van der Waals surface area (Å²) >= 11 is 6.05. The Bertz CT molecular complexity index is 859. The Balaban J connectivity index is 1.80. The third-order valence-corrected chi connectivity index (χ3v) is 3.72. The number of rotatable bonds is 6. The van der Waals surface area contributed by atoms with Crippen LogP contribution in [0, 0.1) is 0 Å². The molecule has 1 aromatic carbocycles. The molecule has 0 unspecified atom stereocenters. The average Bonchev–Trinajstić information content (AvgIpc) is 2.63. The Labute approximate surface area is 150 Å². The van der Waals surface area contributed by atoms with Gasteiger partial charge >= 0.3 is 0 Å². The lowest BCUT2D eigenvalue weighted by molar-refractivity contribution is 0.417. The van der Waals surface area contributed by atoms with E-state index in [9.17, 15) is 0 Å². The number of halogens is 1.